The van der Waals surface area contributed by atoms with E-state index in [1.807, 2.05) is 0 Å². The molecule has 0 aliphatic heterocycles. The fourth-order valence-electron chi connectivity index (χ4n) is 1.44. The highest BCUT2D eigenvalue weighted by Crippen LogP contribution is 2.06. The van der Waals surface area contributed by atoms with E-state index in [1.54, 1.807) is 4.90 Å². The molecule has 0 unspecified atom stereocenters. The molecule has 0 saturated heterocycles. The van der Waals surface area contributed by atoms with Crippen molar-refractivity contribution in [1.29, 1.82) is 0 Å². The van der Waals surface area contributed by atoms with E-state index in [0.717, 1.165) is 0 Å². The van der Waals surface area contributed by atoms with Crippen molar-refractivity contribution in [3.63, 3.8) is 0 Å². The fraction of sp³-hybridized carbons (Fsp3) is 1.00. The Bertz CT molecular complexity index is 110. The maximum atomic E-state index is 9.75. The average Bonchev–Trinajstić information content (AvgIpc) is 2.02. The Hall–Kier alpha value is -0.255. The summed E-state index contributed by atoms with van der Waals surface area (Å²) in [5, 5.41) is 0. The molecule has 0 amide bonds. The minimum atomic E-state index is -6.00. The summed E-state index contributed by atoms with van der Waals surface area (Å²) in [6.07, 6.45) is 3.99. The van der Waals surface area contributed by atoms with Gasteiger partial charge in [-0.2, -0.15) is 0 Å². The van der Waals surface area contributed by atoms with E-state index in [9.17, 15) is 17.3 Å². The normalized spacial score (nSPS) is 11.2. The monoisotopic (exact) mass is 231 g/mol. The number of halogens is 4. The van der Waals surface area contributed by atoms with Crippen LogP contribution in [0.15, 0.2) is 0 Å². The smallest absolute Gasteiger partial charge is 0.418 e. The Balaban J connectivity index is 0. The van der Waals surface area contributed by atoms with Crippen molar-refractivity contribution >= 4 is 7.25 Å². The van der Waals surface area contributed by atoms with Crippen LogP contribution in [0.5, 0.6) is 0 Å². The van der Waals surface area contributed by atoms with Gasteiger partial charge in [0.2, 0.25) is 0 Å². The van der Waals surface area contributed by atoms with Crippen LogP contribution in [0.2, 0.25) is 0 Å². The molecule has 0 rings (SSSR count). The van der Waals surface area contributed by atoms with Gasteiger partial charge >= 0.3 is 7.25 Å². The summed E-state index contributed by atoms with van der Waals surface area (Å²) in [5.41, 5.74) is 0. The highest BCUT2D eigenvalue weighted by Gasteiger charge is 2.20. The van der Waals surface area contributed by atoms with E-state index in [-0.39, 0.29) is 0 Å². The molecule has 0 fully saturated rings. The van der Waals surface area contributed by atoms with Gasteiger partial charge in [0.05, 0.1) is 19.6 Å². The van der Waals surface area contributed by atoms with Crippen LogP contribution in [0, 0.1) is 0 Å². The molecular weight excluding hydrogens is 209 g/mol. The second-order valence-electron chi connectivity index (χ2n) is 3.49. The van der Waals surface area contributed by atoms with Crippen LogP contribution in [0.3, 0.4) is 0 Å². The van der Waals surface area contributed by atoms with E-state index < -0.39 is 7.25 Å². The molecule has 0 saturated carbocycles. The largest absolute Gasteiger partial charge is 0.673 e. The number of hydrogen-bond donors (Lipinski definition) is 1. The van der Waals surface area contributed by atoms with Crippen molar-refractivity contribution < 1.29 is 22.2 Å². The first-order chi connectivity index (χ1) is 6.85. The minimum Gasteiger partial charge on any atom is -0.418 e. The molecule has 1 N–H and O–H groups in total. The molecule has 0 atom stereocenters. The third kappa shape index (κ3) is 24.8. The zero-order valence-electron chi connectivity index (χ0n) is 9.83. The molecular formula is C9H22BF4N. The Morgan fingerprint density at radius 2 is 0.933 bits per heavy atom. The summed E-state index contributed by atoms with van der Waals surface area (Å²) in [6.45, 7) is 10.9. The zero-order chi connectivity index (χ0) is 12.3. The summed E-state index contributed by atoms with van der Waals surface area (Å²) >= 11 is 0. The second kappa shape index (κ2) is 10.3. The maximum absolute atomic E-state index is 9.75. The van der Waals surface area contributed by atoms with Gasteiger partial charge in [-0.05, 0) is 19.3 Å². The SMILES string of the molecule is CCC[NH+](CCC)CCC.F[B-](F)(F)F. The zero-order valence-corrected chi connectivity index (χ0v) is 9.83. The van der Waals surface area contributed by atoms with E-state index >= 15 is 0 Å². The predicted octanol–water partition coefficient (Wildman–Crippen LogP) is 2.40. The highest BCUT2D eigenvalue weighted by atomic mass is 19.5. The molecule has 0 radical (unpaired) electrons. The summed E-state index contributed by atoms with van der Waals surface area (Å²) in [7, 11) is -6.00. The second-order valence-corrected chi connectivity index (χ2v) is 3.49. The minimum absolute atomic E-state index is 1.33. The number of quaternary nitrogens is 1. The molecule has 0 spiro atoms. The summed E-state index contributed by atoms with van der Waals surface area (Å²) in [4.78, 5) is 1.78. The topological polar surface area (TPSA) is 4.44 Å². The van der Waals surface area contributed by atoms with Crippen LogP contribution in [0.1, 0.15) is 40.0 Å². The summed E-state index contributed by atoms with van der Waals surface area (Å²) in [5.74, 6) is 0. The van der Waals surface area contributed by atoms with E-state index in [4.69, 9.17) is 0 Å². The molecule has 0 aromatic carbocycles. The quantitative estimate of drug-likeness (QED) is 0.528. The highest BCUT2D eigenvalue weighted by molar-refractivity contribution is 6.50. The maximum Gasteiger partial charge on any atom is 0.673 e. The third-order valence-corrected chi connectivity index (χ3v) is 1.81. The summed E-state index contributed by atoms with van der Waals surface area (Å²) < 4.78 is 39.0. The molecule has 0 aliphatic rings. The molecule has 0 aromatic rings. The van der Waals surface area contributed by atoms with E-state index in [2.05, 4.69) is 20.8 Å². The number of rotatable bonds is 6. The van der Waals surface area contributed by atoms with Gasteiger partial charge in [-0.1, -0.05) is 20.8 Å². The number of nitrogens with one attached hydrogen (secondary N) is 1. The molecule has 0 aromatic heterocycles. The lowest BCUT2D eigenvalue weighted by atomic mass is 10.3. The Morgan fingerprint density at radius 3 is 1.07 bits per heavy atom. The Labute approximate surface area is 89.9 Å². The van der Waals surface area contributed by atoms with Crippen LogP contribution >= 0.6 is 0 Å². The average molecular weight is 231 g/mol. The molecule has 0 aliphatic carbocycles. The van der Waals surface area contributed by atoms with E-state index in [1.165, 1.54) is 38.9 Å². The van der Waals surface area contributed by atoms with Crippen LogP contribution < -0.4 is 4.90 Å². The lowest BCUT2D eigenvalue weighted by Crippen LogP contribution is -3.11. The number of hydrogen-bond acceptors (Lipinski definition) is 0. The van der Waals surface area contributed by atoms with Gasteiger partial charge in [0, 0.05) is 0 Å². The van der Waals surface area contributed by atoms with Crippen molar-refractivity contribution in [3.8, 4) is 0 Å². The van der Waals surface area contributed by atoms with Gasteiger partial charge in [0.25, 0.3) is 0 Å². The first kappa shape index (κ1) is 17.1. The van der Waals surface area contributed by atoms with Crippen LogP contribution in [0.4, 0.5) is 17.3 Å². The van der Waals surface area contributed by atoms with Gasteiger partial charge in [-0.15, -0.1) is 0 Å². The van der Waals surface area contributed by atoms with Crippen LogP contribution in [0.25, 0.3) is 0 Å². The van der Waals surface area contributed by atoms with E-state index in [0.29, 0.717) is 0 Å². The van der Waals surface area contributed by atoms with Crippen molar-refractivity contribution in [2.45, 2.75) is 40.0 Å². The standard InChI is InChI=1S/C9H21N.BF4/c1-4-7-10(8-5-2)9-6-3;2-1(3,4)5/h4-9H2,1-3H3;/q;-1/p+1. The van der Waals surface area contributed by atoms with Crippen LogP contribution in [-0.2, 0) is 0 Å². The van der Waals surface area contributed by atoms with Crippen molar-refractivity contribution in [3.05, 3.63) is 0 Å². The Morgan fingerprint density at radius 1 is 0.733 bits per heavy atom. The molecule has 6 heteroatoms. The van der Waals surface area contributed by atoms with Gasteiger partial charge in [-0.3, -0.25) is 0 Å². The third-order valence-electron chi connectivity index (χ3n) is 1.81. The molecule has 0 bridgehead atoms. The van der Waals surface area contributed by atoms with Gasteiger partial charge in [0.15, 0.2) is 0 Å². The van der Waals surface area contributed by atoms with Crippen molar-refractivity contribution in [1.82, 2.24) is 0 Å². The lowest BCUT2D eigenvalue weighted by molar-refractivity contribution is -0.900. The molecule has 15 heavy (non-hydrogen) atoms. The van der Waals surface area contributed by atoms with Gasteiger partial charge in [-0.25, -0.2) is 0 Å². The molecule has 94 valence electrons. The van der Waals surface area contributed by atoms with Crippen molar-refractivity contribution in [2.75, 3.05) is 19.6 Å². The first-order valence-electron chi connectivity index (χ1n) is 5.55. The Kier molecular flexibility index (Phi) is 11.7. The molecule has 1 nitrogen and oxygen atoms in total. The van der Waals surface area contributed by atoms with Gasteiger partial charge < -0.3 is 22.2 Å². The van der Waals surface area contributed by atoms with Crippen molar-refractivity contribution in [2.24, 2.45) is 0 Å². The predicted molar refractivity (Wildman–Crippen MR) is 56.6 cm³/mol. The lowest BCUT2D eigenvalue weighted by Gasteiger charge is -2.16. The molecule has 0 heterocycles. The first-order valence-corrected chi connectivity index (χ1v) is 5.55. The fourth-order valence-corrected chi connectivity index (χ4v) is 1.44. The summed E-state index contributed by atoms with van der Waals surface area (Å²) in [6, 6.07) is 0. The van der Waals surface area contributed by atoms with Crippen LogP contribution in [-0.4, -0.2) is 26.9 Å². The van der Waals surface area contributed by atoms with Gasteiger partial charge in [0.1, 0.15) is 0 Å².